The molecule has 1 aromatic heterocycles. The lowest BCUT2D eigenvalue weighted by molar-refractivity contribution is -0.116. The van der Waals surface area contributed by atoms with E-state index in [0.717, 1.165) is 4.47 Å². The molecule has 0 fully saturated rings. The predicted octanol–water partition coefficient (Wildman–Crippen LogP) is 2.52. The quantitative estimate of drug-likeness (QED) is 0.909. The van der Waals surface area contributed by atoms with Crippen LogP contribution in [0, 0.1) is 0 Å². The Morgan fingerprint density at radius 1 is 1.56 bits per heavy atom. The highest BCUT2D eigenvalue weighted by atomic mass is 79.9. The number of hydrogen-bond donors (Lipinski definition) is 2. The molecule has 2 aromatic rings. The summed E-state index contributed by atoms with van der Waals surface area (Å²) in [5.74, 6) is -0.220. The Morgan fingerprint density at radius 2 is 2.33 bits per heavy atom. The molecular weight excluding hydrogens is 320 g/mol. The van der Waals surface area contributed by atoms with Crippen molar-refractivity contribution in [1.82, 2.24) is 9.78 Å². The molecule has 5 nitrogen and oxygen atoms in total. The highest BCUT2D eigenvalue weighted by Gasteiger charge is 2.07. The van der Waals surface area contributed by atoms with Crippen LogP contribution in [0.25, 0.3) is 0 Å². The van der Waals surface area contributed by atoms with Crippen molar-refractivity contribution in [2.24, 2.45) is 0 Å². The van der Waals surface area contributed by atoms with Gasteiger partial charge in [-0.25, -0.2) is 0 Å². The zero-order valence-electron chi connectivity index (χ0n) is 9.23. The van der Waals surface area contributed by atoms with Gasteiger partial charge in [0.15, 0.2) is 0 Å². The molecule has 2 rings (SSSR count). The number of benzene rings is 1. The molecule has 0 unspecified atom stereocenters. The Balaban J connectivity index is 2.03. The van der Waals surface area contributed by atoms with E-state index in [0.29, 0.717) is 16.4 Å². The van der Waals surface area contributed by atoms with Crippen LogP contribution in [0.4, 0.5) is 11.4 Å². The zero-order valence-corrected chi connectivity index (χ0v) is 11.6. The first-order chi connectivity index (χ1) is 8.54. The molecule has 1 amide bonds. The second-order valence-electron chi connectivity index (χ2n) is 3.64. The van der Waals surface area contributed by atoms with Crippen molar-refractivity contribution in [2.45, 2.75) is 6.54 Å². The van der Waals surface area contributed by atoms with Gasteiger partial charge in [0.1, 0.15) is 6.54 Å². The number of nitrogens with two attached hydrogens (primary N) is 1. The van der Waals surface area contributed by atoms with E-state index in [9.17, 15) is 4.79 Å². The number of anilines is 2. The number of carbonyl (C=O) groups is 1. The Kier molecular flexibility index (Phi) is 3.88. The molecule has 0 radical (unpaired) electrons. The number of nitrogens with one attached hydrogen (secondary N) is 1. The van der Waals surface area contributed by atoms with Crippen LogP contribution in [0.5, 0.6) is 0 Å². The van der Waals surface area contributed by atoms with Crippen molar-refractivity contribution in [3.05, 3.63) is 40.1 Å². The fourth-order valence-electron chi connectivity index (χ4n) is 1.39. The third kappa shape index (κ3) is 3.24. The van der Waals surface area contributed by atoms with Crippen molar-refractivity contribution < 1.29 is 4.79 Å². The van der Waals surface area contributed by atoms with Gasteiger partial charge in [-0.1, -0.05) is 27.5 Å². The van der Waals surface area contributed by atoms with Crippen LogP contribution in [0.3, 0.4) is 0 Å². The lowest BCUT2D eigenvalue weighted by Gasteiger charge is -2.07. The molecule has 0 saturated heterocycles. The van der Waals surface area contributed by atoms with Gasteiger partial charge < -0.3 is 11.1 Å². The number of nitrogen functional groups attached to an aromatic ring is 1. The summed E-state index contributed by atoms with van der Waals surface area (Å²) in [5.41, 5.74) is 6.58. The molecule has 18 heavy (non-hydrogen) atoms. The van der Waals surface area contributed by atoms with E-state index < -0.39 is 0 Å². The lowest BCUT2D eigenvalue weighted by Crippen LogP contribution is -2.19. The van der Waals surface area contributed by atoms with E-state index in [1.54, 1.807) is 24.4 Å². The van der Waals surface area contributed by atoms with E-state index in [1.165, 1.54) is 10.9 Å². The van der Waals surface area contributed by atoms with Gasteiger partial charge in [0.2, 0.25) is 5.91 Å². The molecule has 1 aromatic carbocycles. The number of aromatic nitrogens is 2. The van der Waals surface area contributed by atoms with Crippen LogP contribution in [0.15, 0.2) is 35.1 Å². The number of amides is 1. The van der Waals surface area contributed by atoms with Gasteiger partial charge >= 0.3 is 0 Å². The van der Waals surface area contributed by atoms with Crippen LogP contribution in [0.1, 0.15) is 0 Å². The highest BCUT2D eigenvalue weighted by molar-refractivity contribution is 9.10. The van der Waals surface area contributed by atoms with Gasteiger partial charge in [0.25, 0.3) is 0 Å². The second-order valence-corrected chi connectivity index (χ2v) is 4.97. The molecule has 3 N–H and O–H groups in total. The summed E-state index contributed by atoms with van der Waals surface area (Å²) in [6, 6.07) is 5.23. The van der Waals surface area contributed by atoms with E-state index in [-0.39, 0.29) is 12.5 Å². The second kappa shape index (κ2) is 5.41. The third-order valence-electron chi connectivity index (χ3n) is 2.16. The highest BCUT2D eigenvalue weighted by Crippen LogP contribution is 2.25. The van der Waals surface area contributed by atoms with Crippen molar-refractivity contribution in [3.8, 4) is 0 Å². The van der Waals surface area contributed by atoms with Crippen LogP contribution >= 0.6 is 27.5 Å². The minimum absolute atomic E-state index is 0.0869. The maximum atomic E-state index is 11.7. The molecule has 0 aliphatic rings. The minimum Gasteiger partial charge on any atom is -0.396 e. The monoisotopic (exact) mass is 328 g/mol. The standard InChI is InChI=1S/C11H10BrClN4O/c12-7-1-2-10(9(13)3-7)16-11(18)6-17-5-8(14)4-15-17/h1-5H,6,14H2,(H,16,18). The fourth-order valence-corrected chi connectivity index (χ4v) is 2.11. The van der Waals surface area contributed by atoms with Crippen LogP contribution in [-0.4, -0.2) is 15.7 Å². The molecule has 0 bridgehead atoms. The molecule has 0 spiro atoms. The third-order valence-corrected chi connectivity index (χ3v) is 2.97. The first kappa shape index (κ1) is 12.9. The van der Waals surface area contributed by atoms with Gasteiger partial charge in [-0.3, -0.25) is 9.48 Å². The molecule has 7 heteroatoms. The Bertz CT molecular complexity index is 584. The Labute approximate surface area is 117 Å². The van der Waals surface area contributed by atoms with E-state index >= 15 is 0 Å². The molecule has 0 saturated carbocycles. The number of halogens is 2. The number of carbonyl (C=O) groups excluding carboxylic acids is 1. The first-order valence-electron chi connectivity index (χ1n) is 5.07. The van der Waals surface area contributed by atoms with Crippen molar-refractivity contribution >= 4 is 44.8 Å². The van der Waals surface area contributed by atoms with Gasteiger partial charge in [-0.15, -0.1) is 0 Å². The molecular formula is C11H10BrClN4O. The van der Waals surface area contributed by atoms with E-state index in [2.05, 4.69) is 26.3 Å². The average molecular weight is 330 g/mol. The van der Waals surface area contributed by atoms with Crippen molar-refractivity contribution in [1.29, 1.82) is 0 Å². The summed E-state index contributed by atoms with van der Waals surface area (Å²) < 4.78 is 2.31. The summed E-state index contributed by atoms with van der Waals surface area (Å²) in [6.45, 7) is 0.0869. The van der Waals surface area contributed by atoms with E-state index in [4.69, 9.17) is 17.3 Å². The average Bonchev–Trinajstić information content (AvgIpc) is 2.68. The van der Waals surface area contributed by atoms with Crippen molar-refractivity contribution in [2.75, 3.05) is 11.1 Å². The molecule has 0 aliphatic heterocycles. The zero-order chi connectivity index (χ0) is 13.1. The first-order valence-corrected chi connectivity index (χ1v) is 6.24. The van der Waals surface area contributed by atoms with Gasteiger partial charge in [0, 0.05) is 10.7 Å². The van der Waals surface area contributed by atoms with Crippen molar-refractivity contribution in [3.63, 3.8) is 0 Å². The molecule has 0 atom stereocenters. The maximum absolute atomic E-state index is 11.7. The SMILES string of the molecule is Nc1cnn(CC(=O)Nc2ccc(Br)cc2Cl)c1. The Morgan fingerprint density at radius 3 is 2.94 bits per heavy atom. The minimum atomic E-state index is -0.220. The summed E-state index contributed by atoms with van der Waals surface area (Å²) in [6.07, 6.45) is 3.07. The number of nitrogens with zero attached hydrogens (tertiary/aromatic N) is 2. The van der Waals surface area contributed by atoms with Crippen LogP contribution in [-0.2, 0) is 11.3 Å². The normalized spacial score (nSPS) is 10.3. The summed E-state index contributed by atoms with van der Waals surface area (Å²) in [4.78, 5) is 11.7. The van der Waals surface area contributed by atoms with Gasteiger partial charge in [0.05, 0.1) is 22.6 Å². The van der Waals surface area contributed by atoms with Crippen LogP contribution in [0.2, 0.25) is 5.02 Å². The van der Waals surface area contributed by atoms with Gasteiger partial charge in [-0.2, -0.15) is 5.10 Å². The summed E-state index contributed by atoms with van der Waals surface area (Å²) >= 11 is 9.29. The van der Waals surface area contributed by atoms with Gasteiger partial charge in [-0.05, 0) is 18.2 Å². The maximum Gasteiger partial charge on any atom is 0.246 e. The number of hydrogen-bond acceptors (Lipinski definition) is 3. The number of rotatable bonds is 3. The fraction of sp³-hybridized carbons (Fsp3) is 0.0909. The topological polar surface area (TPSA) is 72.9 Å². The molecule has 0 aliphatic carbocycles. The van der Waals surface area contributed by atoms with Crippen LogP contribution < -0.4 is 11.1 Å². The summed E-state index contributed by atoms with van der Waals surface area (Å²) in [5, 5.41) is 7.10. The lowest BCUT2D eigenvalue weighted by atomic mass is 10.3. The predicted molar refractivity (Wildman–Crippen MR) is 74.4 cm³/mol. The summed E-state index contributed by atoms with van der Waals surface area (Å²) in [7, 11) is 0. The largest absolute Gasteiger partial charge is 0.396 e. The smallest absolute Gasteiger partial charge is 0.246 e. The van der Waals surface area contributed by atoms with E-state index in [1.807, 2.05) is 0 Å². The molecule has 1 heterocycles. The molecule has 94 valence electrons. The Hall–Kier alpha value is -1.53.